The van der Waals surface area contributed by atoms with E-state index in [1.54, 1.807) is 13.0 Å². The number of hydrogen-bond donors (Lipinski definition) is 2. The first-order valence-corrected chi connectivity index (χ1v) is 10.3. The number of anilines is 1. The van der Waals surface area contributed by atoms with Crippen LogP contribution in [0, 0.1) is 6.92 Å². The number of nitrogens with zero attached hydrogens (tertiary/aromatic N) is 3. The highest BCUT2D eigenvalue weighted by molar-refractivity contribution is 6.02. The van der Waals surface area contributed by atoms with Crippen molar-refractivity contribution in [2.75, 3.05) is 11.9 Å². The summed E-state index contributed by atoms with van der Waals surface area (Å²) in [7, 11) is 0. The largest absolute Gasteiger partial charge is 0.471 e. The lowest BCUT2D eigenvalue weighted by atomic mass is 10.1. The Labute approximate surface area is 193 Å². The molecule has 2 amide bonds. The molecule has 184 valence electrons. The third-order valence-electron chi connectivity index (χ3n) is 5.39. The van der Waals surface area contributed by atoms with E-state index >= 15 is 0 Å². The van der Waals surface area contributed by atoms with Gasteiger partial charge in [0.1, 0.15) is 11.4 Å². The summed E-state index contributed by atoms with van der Waals surface area (Å²) in [6, 6.07) is 2.58. The summed E-state index contributed by atoms with van der Waals surface area (Å²) >= 11 is 0. The molecule has 0 radical (unpaired) electrons. The zero-order valence-corrected chi connectivity index (χ0v) is 18.9. The van der Waals surface area contributed by atoms with Crippen LogP contribution in [-0.2, 0) is 11.3 Å². The molecule has 2 N–H and O–H groups in total. The van der Waals surface area contributed by atoms with Crippen molar-refractivity contribution in [3.8, 4) is 5.88 Å². The van der Waals surface area contributed by atoms with Crippen molar-refractivity contribution < 1.29 is 37.0 Å². The minimum Gasteiger partial charge on any atom is -0.471 e. The number of amides is 2. The van der Waals surface area contributed by atoms with Gasteiger partial charge >= 0.3 is 12.3 Å². The van der Waals surface area contributed by atoms with Crippen LogP contribution in [0.3, 0.4) is 0 Å². The highest BCUT2D eigenvalue weighted by Gasteiger charge is 2.42. The smallest absolute Gasteiger partial charge is 0.340 e. The van der Waals surface area contributed by atoms with Crippen LogP contribution in [0.2, 0.25) is 0 Å². The Bertz CT molecular complexity index is 1100. The zero-order chi connectivity index (χ0) is 25.4. The van der Waals surface area contributed by atoms with E-state index < -0.39 is 36.5 Å². The highest BCUT2D eigenvalue weighted by Crippen LogP contribution is 2.35. The molecule has 1 unspecified atom stereocenters. The third-order valence-corrected chi connectivity index (χ3v) is 5.39. The Hall–Kier alpha value is -3.28. The quantitative estimate of drug-likeness (QED) is 0.556. The molecule has 0 aromatic carbocycles. The first-order valence-electron chi connectivity index (χ1n) is 10.3. The van der Waals surface area contributed by atoms with Gasteiger partial charge < -0.3 is 20.1 Å². The summed E-state index contributed by atoms with van der Waals surface area (Å²) in [6.45, 7) is 4.49. The second-order valence-electron chi connectivity index (χ2n) is 8.55. The van der Waals surface area contributed by atoms with Crippen LogP contribution in [0.15, 0.2) is 24.5 Å². The lowest BCUT2D eigenvalue weighted by Crippen LogP contribution is -2.37. The Morgan fingerprint density at radius 2 is 2.00 bits per heavy atom. The molecule has 1 aliphatic rings. The van der Waals surface area contributed by atoms with Crippen LogP contribution in [0.1, 0.15) is 53.9 Å². The van der Waals surface area contributed by atoms with Gasteiger partial charge in [-0.15, -0.1) is 0 Å². The number of ether oxygens (including phenoxy) is 1. The summed E-state index contributed by atoms with van der Waals surface area (Å²) in [5.41, 5.74) is 0.0642. The summed E-state index contributed by atoms with van der Waals surface area (Å²) in [6.07, 6.45) is -1.17. The number of rotatable bonds is 8. The topological polar surface area (TPSA) is 105 Å². The fourth-order valence-corrected chi connectivity index (χ4v) is 3.30. The Morgan fingerprint density at radius 3 is 2.59 bits per heavy atom. The number of alkyl halides is 4. The van der Waals surface area contributed by atoms with Crippen molar-refractivity contribution >= 4 is 17.6 Å². The summed E-state index contributed by atoms with van der Waals surface area (Å²) in [5, 5.41) is 12.4. The van der Waals surface area contributed by atoms with Crippen LogP contribution >= 0.6 is 0 Å². The normalized spacial score (nSPS) is 14.9. The van der Waals surface area contributed by atoms with Gasteiger partial charge in [-0.2, -0.15) is 8.78 Å². The van der Waals surface area contributed by atoms with Crippen molar-refractivity contribution in [2.24, 2.45) is 0 Å². The van der Waals surface area contributed by atoms with E-state index in [9.17, 15) is 32.3 Å². The molecule has 1 atom stereocenters. The monoisotopic (exact) mass is 484 g/mol. The molecule has 0 spiro atoms. The van der Waals surface area contributed by atoms with Crippen LogP contribution in [0.25, 0.3) is 0 Å². The molecule has 0 aliphatic carbocycles. The van der Waals surface area contributed by atoms with Gasteiger partial charge in [0, 0.05) is 29.1 Å². The van der Waals surface area contributed by atoms with Crippen molar-refractivity contribution in [2.45, 2.75) is 58.2 Å². The molecule has 1 aliphatic heterocycles. The Balaban J connectivity index is 1.78. The van der Waals surface area contributed by atoms with Crippen molar-refractivity contribution in [3.63, 3.8) is 0 Å². The van der Waals surface area contributed by atoms with Gasteiger partial charge in [-0.25, -0.2) is 18.7 Å². The van der Waals surface area contributed by atoms with E-state index in [4.69, 9.17) is 4.74 Å². The maximum atomic E-state index is 13.1. The molecule has 3 rings (SSSR count). The maximum absolute atomic E-state index is 13.1. The first-order chi connectivity index (χ1) is 15.7. The van der Waals surface area contributed by atoms with E-state index in [0.717, 1.165) is 0 Å². The Kier molecular flexibility index (Phi) is 6.83. The van der Waals surface area contributed by atoms with Gasteiger partial charge in [0.25, 0.3) is 11.8 Å². The molecular weight excluding hydrogens is 460 g/mol. The van der Waals surface area contributed by atoms with Crippen LogP contribution in [0.4, 0.5) is 23.4 Å². The second kappa shape index (κ2) is 9.16. The van der Waals surface area contributed by atoms with Gasteiger partial charge in [-0.3, -0.25) is 9.59 Å². The van der Waals surface area contributed by atoms with E-state index in [1.807, 2.05) is 0 Å². The zero-order valence-electron chi connectivity index (χ0n) is 18.9. The van der Waals surface area contributed by atoms with E-state index in [-0.39, 0.29) is 24.1 Å². The molecule has 0 fully saturated rings. The van der Waals surface area contributed by atoms with Crippen LogP contribution < -0.4 is 10.1 Å². The average molecular weight is 484 g/mol. The molecule has 2 aromatic rings. The molecule has 12 heteroatoms. The summed E-state index contributed by atoms with van der Waals surface area (Å²) < 4.78 is 55.7. The number of nitrogens with one attached hydrogen (secondary N) is 1. The number of pyridine rings is 2. The highest BCUT2D eigenvalue weighted by atomic mass is 19.3. The average Bonchev–Trinajstić information content (AvgIpc) is 3.09. The van der Waals surface area contributed by atoms with E-state index in [1.165, 1.54) is 44.1 Å². The predicted molar refractivity (Wildman–Crippen MR) is 113 cm³/mol. The number of carbonyl (C=O) groups excluding carboxylic acids is 2. The summed E-state index contributed by atoms with van der Waals surface area (Å²) in [5.74, 6) is -5.36. The SMILES string of the molecule is Cc1cc(C(C)N2Cc3c(ccnc3NC(=O)C(C)(C)O)C2=O)cnc1OCC(F)(F)C(F)F. The number of carbonyl (C=O) groups is 2. The van der Waals surface area contributed by atoms with Crippen LogP contribution in [0.5, 0.6) is 5.88 Å². The van der Waals surface area contributed by atoms with Gasteiger partial charge in [-0.05, 0) is 45.4 Å². The molecule has 0 bridgehead atoms. The number of fused-ring (bicyclic) bond motifs is 1. The predicted octanol–water partition coefficient (Wildman–Crippen LogP) is 3.49. The molecule has 8 nitrogen and oxygen atoms in total. The lowest BCUT2D eigenvalue weighted by Gasteiger charge is -2.25. The van der Waals surface area contributed by atoms with Gasteiger partial charge in [0.15, 0.2) is 6.61 Å². The number of aryl methyl sites for hydroxylation is 1. The number of hydrogen-bond acceptors (Lipinski definition) is 6. The van der Waals surface area contributed by atoms with Crippen molar-refractivity contribution in [1.82, 2.24) is 14.9 Å². The lowest BCUT2D eigenvalue weighted by molar-refractivity contribution is -0.148. The van der Waals surface area contributed by atoms with E-state index in [0.29, 0.717) is 22.3 Å². The number of aliphatic hydroxyl groups is 1. The first kappa shape index (κ1) is 25.3. The Morgan fingerprint density at radius 1 is 1.32 bits per heavy atom. The van der Waals surface area contributed by atoms with Crippen molar-refractivity contribution in [1.29, 1.82) is 0 Å². The minimum absolute atomic E-state index is 0.114. The number of halogens is 4. The molecule has 3 heterocycles. The fourth-order valence-electron chi connectivity index (χ4n) is 3.30. The van der Waals surface area contributed by atoms with Gasteiger partial charge in [0.05, 0.1) is 12.6 Å². The fraction of sp³-hybridized carbons (Fsp3) is 0.455. The standard InChI is InChI=1S/C22H24F4N4O4/c1-11-7-13(8-28-17(11)34-10-22(25,26)19(23)24)12(2)30-9-15-14(18(30)31)5-6-27-16(15)29-20(32)21(3,4)33/h5-8,12,19,33H,9-10H2,1-4H3,(H,27,29,32). The molecule has 0 saturated heterocycles. The van der Waals surface area contributed by atoms with Gasteiger partial charge in [0.2, 0.25) is 5.88 Å². The summed E-state index contributed by atoms with van der Waals surface area (Å²) in [4.78, 5) is 34.8. The third kappa shape index (κ3) is 5.11. The second-order valence-corrected chi connectivity index (χ2v) is 8.55. The number of aromatic nitrogens is 2. The van der Waals surface area contributed by atoms with Gasteiger partial charge in [-0.1, -0.05) is 0 Å². The minimum atomic E-state index is -4.31. The molecule has 34 heavy (non-hydrogen) atoms. The van der Waals surface area contributed by atoms with Crippen molar-refractivity contribution in [3.05, 3.63) is 46.8 Å². The van der Waals surface area contributed by atoms with E-state index in [2.05, 4.69) is 15.3 Å². The molecule has 2 aromatic heterocycles. The maximum Gasteiger partial charge on any atom is 0.340 e. The van der Waals surface area contributed by atoms with Crippen LogP contribution in [-0.4, -0.2) is 56.3 Å². The molecule has 0 saturated carbocycles. The molecular formula is C22H24F4N4O4.